The molecule has 0 saturated carbocycles. The first-order chi connectivity index (χ1) is 38.5. The van der Waals surface area contributed by atoms with Crippen molar-refractivity contribution in [1.29, 1.82) is 0 Å². The molecule has 4 aromatic carbocycles. The Morgan fingerprint density at radius 1 is 0.271 bits per heavy atom. The molecule has 456 valence electrons. The Balaban J connectivity index is 1.76. The van der Waals surface area contributed by atoms with Crippen molar-refractivity contribution in [1.82, 2.24) is 19.9 Å². The van der Waals surface area contributed by atoms with Crippen molar-refractivity contribution in [3.05, 3.63) is 119 Å². The van der Waals surface area contributed by atoms with Crippen LogP contribution in [0.25, 0.3) is 88.6 Å². The van der Waals surface area contributed by atoms with Crippen LogP contribution in [0, 0.1) is 0 Å². The molecule has 2 N–H and O–H groups in total. The molecule has 0 spiro atoms. The van der Waals surface area contributed by atoms with E-state index in [0.717, 1.165) is 4.98 Å². The minimum atomic E-state index is -8.22. The van der Waals surface area contributed by atoms with Crippen molar-refractivity contribution >= 4 is 43.6 Å². The monoisotopic (exact) mass is 1260 g/mol. The second kappa shape index (κ2) is 18.4. The molecule has 7 aromatic rings. The van der Waals surface area contributed by atoms with Crippen LogP contribution in [0.5, 0.6) is 0 Å². The summed E-state index contributed by atoms with van der Waals surface area (Å²) in [6.45, 7) is 0. The van der Waals surface area contributed by atoms with E-state index < -0.39 is 195 Å². The third-order valence-electron chi connectivity index (χ3n) is 13.7. The van der Waals surface area contributed by atoms with Crippen LogP contribution in [0.1, 0.15) is 22.3 Å². The maximum Gasteiger partial charge on any atom is 0.460 e. The number of alkyl halides is 31. The Hall–Kier alpha value is -7.65. The van der Waals surface area contributed by atoms with E-state index in [1.54, 1.807) is 0 Å². The summed E-state index contributed by atoms with van der Waals surface area (Å²) >= 11 is 0. The zero-order valence-corrected chi connectivity index (χ0v) is 39.9. The van der Waals surface area contributed by atoms with Crippen LogP contribution in [0.4, 0.5) is 136 Å². The summed E-state index contributed by atoms with van der Waals surface area (Å²) in [5.41, 5.74) is -39.5. The number of aromatic amines is 2. The molecule has 35 heteroatoms. The minimum absolute atomic E-state index is 0.0375. The normalized spacial score (nSPS) is 14.9. The highest BCUT2D eigenvalue weighted by atomic mass is 19.5. The molecule has 0 fully saturated rings. The van der Waals surface area contributed by atoms with Gasteiger partial charge in [0.25, 0.3) is 0 Å². The number of aromatic nitrogens is 4. The zero-order valence-electron chi connectivity index (χ0n) is 39.9. The Kier molecular flexibility index (Phi) is 13.4. The van der Waals surface area contributed by atoms with E-state index in [1.807, 2.05) is 0 Å². The van der Waals surface area contributed by atoms with Crippen LogP contribution in [0.15, 0.2) is 97.1 Å². The fraction of sp³-hybridized carbons (Fsp3) is 0.280. The average Bonchev–Trinajstić information content (AvgIpc) is 3.09. The average molecular weight is 1260 g/mol. The number of hydrogen-bond acceptors (Lipinski definition) is 2. The molecular weight excluding hydrogens is 1250 g/mol. The highest BCUT2D eigenvalue weighted by Gasteiger charge is 2.85. The minimum Gasteiger partial charge on any atom is -0.354 e. The smallest absolute Gasteiger partial charge is 0.354 e. The standard InChI is InChI=1S/C50H19F31N4/c51-37(52)38(53,54)25-29-17-9-1-3-11-19(17)31(82-29)26(39(55,56)42(61,62)45(67,68)48(73,74)75)33-21-13-5-7-15-23(21)35(84-33)28(41(59,60)44(65,66)47(71,72)50(79,80)81)36-24-16-8-6-14-22(24)34(85-36)27(32-20-12-4-2-10-18(20)30(25)83-32)40(57,58)43(63,64)46(69,70)49(76,77)78/h1-16,37,82,85H. The topological polar surface area (TPSA) is 57.4 Å². The lowest BCUT2D eigenvalue weighted by Gasteiger charge is -2.34. The molecule has 0 unspecified atom stereocenters. The second-order valence-electron chi connectivity index (χ2n) is 18.6. The maximum atomic E-state index is 17.4. The van der Waals surface area contributed by atoms with Gasteiger partial charge in [-0.25, -0.2) is 18.7 Å². The Morgan fingerprint density at radius 3 is 0.682 bits per heavy atom. The fourth-order valence-electron chi connectivity index (χ4n) is 9.59. The highest BCUT2D eigenvalue weighted by Crippen LogP contribution is 2.65. The van der Waals surface area contributed by atoms with E-state index in [0.29, 0.717) is 48.5 Å². The molecule has 5 heterocycles. The highest BCUT2D eigenvalue weighted by molar-refractivity contribution is 6.14. The number of benzene rings is 4. The molecule has 0 aliphatic carbocycles. The van der Waals surface area contributed by atoms with Gasteiger partial charge in [-0.1, -0.05) is 97.1 Å². The van der Waals surface area contributed by atoms with Gasteiger partial charge in [0.2, 0.25) is 0 Å². The van der Waals surface area contributed by atoms with E-state index in [1.165, 1.54) is 4.98 Å². The SMILES string of the molecule is FC(F)C(F)(F)c1c2nc(c(C(F)(F)C(F)(F)C(F)(F)C(F)(F)F)c3[nH]c(c(C(F)(F)C(F)(F)C(F)(F)C(F)(F)F)c4nc(c(C(F)(F)C(F)(F)C(F)(F)C(F)(F)F)c5[nH]c1c1ccccc51)-c1ccccc1-4)c1ccccc31)-c1ccccc1-2. The Morgan fingerprint density at radius 2 is 0.471 bits per heavy atom. The number of nitrogens with zero attached hydrogens (tertiary/aromatic N) is 2. The largest absolute Gasteiger partial charge is 0.460 e. The van der Waals surface area contributed by atoms with Crippen LogP contribution in [-0.4, -0.2) is 80.4 Å². The van der Waals surface area contributed by atoms with Crippen molar-refractivity contribution in [2.45, 2.75) is 84.2 Å². The fourth-order valence-corrected chi connectivity index (χ4v) is 9.59. The van der Waals surface area contributed by atoms with Gasteiger partial charge in [-0.3, -0.25) is 0 Å². The van der Waals surface area contributed by atoms with Crippen LogP contribution in [0.3, 0.4) is 0 Å². The summed E-state index contributed by atoms with van der Waals surface area (Å²) in [5, 5.41) is -6.76. The Labute approximate surface area is 447 Å². The maximum absolute atomic E-state index is 17.4. The molecule has 2 aliphatic heterocycles. The molecular formula is C50H19F31N4. The summed E-state index contributed by atoms with van der Waals surface area (Å²) < 4.78 is 481. The number of hydrogen-bond donors (Lipinski definition) is 2. The van der Waals surface area contributed by atoms with Crippen molar-refractivity contribution in [2.75, 3.05) is 0 Å². The first kappa shape index (κ1) is 61.9. The molecule has 0 atom stereocenters. The van der Waals surface area contributed by atoms with E-state index in [2.05, 4.69) is 9.97 Å². The quantitative estimate of drug-likeness (QED) is 0.127. The number of rotatable bonds is 11. The predicted octanol–water partition coefficient (Wildman–Crippen LogP) is 19.4. The van der Waals surface area contributed by atoms with E-state index in [4.69, 9.17) is 0 Å². The molecule has 3 aromatic heterocycles. The van der Waals surface area contributed by atoms with Gasteiger partial charge in [0.1, 0.15) is 0 Å². The molecule has 0 radical (unpaired) electrons. The van der Waals surface area contributed by atoms with Crippen molar-refractivity contribution in [3.63, 3.8) is 0 Å². The summed E-state index contributed by atoms with van der Waals surface area (Å²) in [6, 6.07) is 4.88. The van der Waals surface area contributed by atoms with Gasteiger partial charge in [-0.2, -0.15) is 127 Å². The number of H-pyrrole nitrogens is 2. The van der Waals surface area contributed by atoms with Gasteiger partial charge in [0.15, 0.2) is 0 Å². The number of halogens is 31. The first-order valence-corrected chi connectivity index (χ1v) is 22.7. The van der Waals surface area contributed by atoms with Crippen molar-refractivity contribution < 1.29 is 136 Å². The lowest BCUT2D eigenvalue weighted by molar-refractivity contribution is -0.399. The van der Waals surface area contributed by atoms with Gasteiger partial charge in [-0.05, 0) is 0 Å². The summed E-state index contributed by atoms with van der Waals surface area (Å²) in [6.07, 6.45) is -28.9. The van der Waals surface area contributed by atoms with E-state index >= 15 is 96.6 Å². The Bertz CT molecular complexity index is 4000. The molecule has 4 nitrogen and oxygen atoms in total. The van der Waals surface area contributed by atoms with Gasteiger partial charge >= 0.3 is 84.2 Å². The molecule has 8 bridgehead atoms. The van der Waals surface area contributed by atoms with Crippen LogP contribution >= 0.6 is 0 Å². The van der Waals surface area contributed by atoms with Gasteiger partial charge in [-0.15, -0.1) is 0 Å². The second-order valence-corrected chi connectivity index (χ2v) is 18.6. The number of fused-ring (bicyclic) bond motifs is 20. The molecule has 2 aliphatic rings. The lowest BCUT2D eigenvalue weighted by atomic mass is 9.90. The van der Waals surface area contributed by atoms with Crippen molar-refractivity contribution in [2.24, 2.45) is 0 Å². The van der Waals surface area contributed by atoms with Crippen LogP contribution < -0.4 is 0 Å². The molecule has 9 rings (SSSR count). The van der Waals surface area contributed by atoms with E-state index in [-0.39, 0.29) is 48.5 Å². The molecule has 0 saturated heterocycles. The van der Waals surface area contributed by atoms with Crippen molar-refractivity contribution in [3.8, 4) is 45.0 Å². The van der Waals surface area contributed by atoms with E-state index in [9.17, 15) is 39.5 Å². The molecule has 85 heavy (non-hydrogen) atoms. The van der Waals surface area contributed by atoms with Gasteiger partial charge in [0, 0.05) is 43.8 Å². The lowest BCUT2D eigenvalue weighted by Crippen LogP contribution is -2.59. The summed E-state index contributed by atoms with van der Waals surface area (Å²) in [7, 11) is 0. The van der Waals surface area contributed by atoms with Gasteiger partial charge < -0.3 is 9.97 Å². The third kappa shape index (κ3) is 8.17. The van der Waals surface area contributed by atoms with Crippen LogP contribution in [0.2, 0.25) is 0 Å². The van der Waals surface area contributed by atoms with Crippen LogP contribution in [-0.2, 0) is 23.7 Å². The molecule has 0 amide bonds. The number of nitrogens with one attached hydrogen (secondary N) is 2. The third-order valence-corrected chi connectivity index (χ3v) is 13.7. The zero-order chi connectivity index (χ0) is 63.8. The predicted molar refractivity (Wildman–Crippen MR) is 234 cm³/mol. The van der Waals surface area contributed by atoms with Gasteiger partial charge in [0.05, 0.1) is 67.1 Å². The first-order valence-electron chi connectivity index (χ1n) is 22.7. The summed E-state index contributed by atoms with van der Waals surface area (Å²) in [5.74, 6) is -77.7. The summed E-state index contributed by atoms with van der Waals surface area (Å²) in [4.78, 5) is 8.76.